The first-order valence-electron chi connectivity index (χ1n) is 8.95. The lowest BCUT2D eigenvalue weighted by Crippen LogP contribution is -2.38. The fourth-order valence-corrected chi connectivity index (χ4v) is 3.22. The molecule has 2 aromatic rings. The summed E-state index contributed by atoms with van der Waals surface area (Å²) in [4.78, 5) is 19.6. The van der Waals surface area contributed by atoms with E-state index in [1.165, 1.54) is 4.88 Å². The summed E-state index contributed by atoms with van der Waals surface area (Å²) in [6.07, 6.45) is 1.80. The molecule has 26 heavy (non-hydrogen) atoms. The van der Waals surface area contributed by atoms with E-state index in [1.54, 1.807) is 30.3 Å². The van der Waals surface area contributed by atoms with Crippen molar-refractivity contribution in [1.82, 2.24) is 15.5 Å². The van der Waals surface area contributed by atoms with Crippen molar-refractivity contribution >= 4 is 23.2 Å². The Hall–Kier alpha value is -2.34. The molecular formula is C20H28N4OS. The largest absolute Gasteiger partial charge is 0.357 e. The van der Waals surface area contributed by atoms with Crippen LogP contribution in [0.25, 0.3) is 0 Å². The lowest BCUT2D eigenvalue weighted by Gasteiger charge is -2.13. The van der Waals surface area contributed by atoms with Gasteiger partial charge in [-0.15, -0.1) is 11.3 Å². The second-order valence-corrected chi connectivity index (χ2v) is 7.20. The first-order chi connectivity index (χ1) is 12.6. The van der Waals surface area contributed by atoms with Crippen LogP contribution in [0, 0.1) is 0 Å². The Balaban J connectivity index is 1.85. The Kier molecular flexibility index (Phi) is 8.15. The molecule has 0 spiro atoms. The molecule has 1 aromatic carbocycles. The van der Waals surface area contributed by atoms with Gasteiger partial charge in [-0.1, -0.05) is 18.2 Å². The molecule has 0 bridgehead atoms. The molecule has 5 nitrogen and oxygen atoms in total. The van der Waals surface area contributed by atoms with E-state index in [9.17, 15) is 4.79 Å². The predicted octanol–water partition coefficient (Wildman–Crippen LogP) is 2.79. The topological polar surface area (TPSA) is 56.7 Å². The van der Waals surface area contributed by atoms with Gasteiger partial charge in [0.2, 0.25) is 0 Å². The number of amides is 1. The number of carbonyl (C=O) groups excluding carboxylic acids is 1. The zero-order valence-corrected chi connectivity index (χ0v) is 16.6. The smallest absolute Gasteiger partial charge is 0.253 e. The summed E-state index contributed by atoms with van der Waals surface area (Å²) in [7, 11) is 3.54. The van der Waals surface area contributed by atoms with Crippen molar-refractivity contribution < 1.29 is 4.79 Å². The zero-order valence-electron chi connectivity index (χ0n) is 15.8. The second-order valence-electron chi connectivity index (χ2n) is 6.17. The van der Waals surface area contributed by atoms with Crippen molar-refractivity contribution in [3.05, 3.63) is 57.8 Å². The first kappa shape index (κ1) is 20.0. The van der Waals surface area contributed by atoms with Gasteiger partial charge in [0, 0.05) is 50.6 Å². The number of benzene rings is 1. The van der Waals surface area contributed by atoms with E-state index in [2.05, 4.69) is 46.1 Å². The van der Waals surface area contributed by atoms with Crippen LogP contribution in [0.1, 0.15) is 27.7 Å². The maximum atomic E-state index is 12.1. The number of nitrogens with zero attached hydrogens (tertiary/aromatic N) is 2. The highest BCUT2D eigenvalue weighted by molar-refractivity contribution is 7.09. The Bertz CT molecular complexity index is 710. The highest BCUT2D eigenvalue weighted by atomic mass is 32.1. The van der Waals surface area contributed by atoms with Crippen molar-refractivity contribution in [2.24, 2.45) is 4.99 Å². The van der Waals surface area contributed by atoms with Gasteiger partial charge in [-0.05, 0) is 42.5 Å². The number of rotatable bonds is 8. The van der Waals surface area contributed by atoms with Gasteiger partial charge in [0.15, 0.2) is 5.96 Å². The number of guanidine groups is 1. The van der Waals surface area contributed by atoms with Gasteiger partial charge < -0.3 is 15.5 Å². The molecule has 1 aromatic heterocycles. The monoisotopic (exact) mass is 372 g/mol. The van der Waals surface area contributed by atoms with Crippen molar-refractivity contribution in [3.8, 4) is 0 Å². The molecule has 0 fully saturated rings. The molecule has 0 unspecified atom stereocenters. The van der Waals surface area contributed by atoms with Crippen LogP contribution in [0.3, 0.4) is 0 Å². The minimum absolute atomic E-state index is 0.0308. The van der Waals surface area contributed by atoms with Crippen LogP contribution in [0.2, 0.25) is 0 Å². The molecule has 2 N–H and O–H groups in total. The molecule has 0 radical (unpaired) electrons. The minimum Gasteiger partial charge on any atom is -0.357 e. The number of nitrogens with one attached hydrogen (secondary N) is 2. The van der Waals surface area contributed by atoms with E-state index in [0.717, 1.165) is 49.6 Å². The van der Waals surface area contributed by atoms with E-state index in [4.69, 9.17) is 0 Å². The van der Waals surface area contributed by atoms with Crippen LogP contribution in [-0.4, -0.2) is 50.5 Å². The van der Waals surface area contributed by atoms with Crippen molar-refractivity contribution in [2.45, 2.75) is 19.8 Å². The summed E-state index contributed by atoms with van der Waals surface area (Å²) in [5, 5.41) is 8.74. The predicted molar refractivity (Wildman–Crippen MR) is 110 cm³/mol. The average molecular weight is 373 g/mol. The van der Waals surface area contributed by atoms with E-state index >= 15 is 0 Å². The zero-order chi connectivity index (χ0) is 18.8. The summed E-state index contributed by atoms with van der Waals surface area (Å²) in [5.74, 6) is 0.868. The SMILES string of the molecule is CCNC(=NCCc1cccs1)NCCc1cccc(C(=O)N(C)C)c1. The number of aliphatic imine (C=N–C) groups is 1. The molecule has 1 heterocycles. The summed E-state index contributed by atoms with van der Waals surface area (Å²) < 4.78 is 0. The molecule has 0 saturated carbocycles. The van der Waals surface area contributed by atoms with E-state index in [1.807, 2.05) is 18.2 Å². The van der Waals surface area contributed by atoms with Crippen molar-refractivity contribution in [1.29, 1.82) is 0 Å². The van der Waals surface area contributed by atoms with Gasteiger partial charge in [-0.3, -0.25) is 9.79 Å². The maximum Gasteiger partial charge on any atom is 0.253 e. The van der Waals surface area contributed by atoms with Gasteiger partial charge in [-0.25, -0.2) is 0 Å². The fourth-order valence-electron chi connectivity index (χ4n) is 2.52. The van der Waals surface area contributed by atoms with E-state index in [0.29, 0.717) is 0 Å². The number of hydrogen-bond donors (Lipinski definition) is 2. The third-order valence-electron chi connectivity index (χ3n) is 3.84. The third-order valence-corrected chi connectivity index (χ3v) is 4.77. The van der Waals surface area contributed by atoms with Crippen molar-refractivity contribution in [2.75, 3.05) is 33.7 Å². The minimum atomic E-state index is 0.0308. The first-order valence-corrected chi connectivity index (χ1v) is 9.83. The Morgan fingerprint density at radius 1 is 1.15 bits per heavy atom. The summed E-state index contributed by atoms with van der Waals surface area (Å²) >= 11 is 1.77. The second kappa shape index (κ2) is 10.6. The lowest BCUT2D eigenvalue weighted by molar-refractivity contribution is 0.0827. The van der Waals surface area contributed by atoms with Crippen LogP contribution >= 0.6 is 11.3 Å². The van der Waals surface area contributed by atoms with Crippen LogP contribution in [0.5, 0.6) is 0 Å². The normalized spacial score (nSPS) is 11.3. The van der Waals surface area contributed by atoms with Crippen LogP contribution < -0.4 is 10.6 Å². The standard InChI is InChI=1S/C20H28N4OS/c1-4-21-20(23-13-11-18-9-6-14-26-18)22-12-10-16-7-5-8-17(15-16)19(25)24(2)3/h5-9,14-15H,4,10-13H2,1-3H3,(H2,21,22,23). The molecule has 140 valence electrons. The molecule has 0 saturated heterocycles. The summed E-state index contributed by atoms with van der Waals surface area (Å²) in [6.45, 7) is 4.43. The van der Waals surface area contributed by atoms with E-state index < -0.39 is 0 Å². The van der Waals surface area contributed by atoms with Crippen LogP contribution in [0.15, 0.2) is 46.8 Å². The highest BCUT2D eigenvalue weighted by Gasteiger charge is 2.08. The maximum absolute atomic E-state index is 12.1. The summed E-state index contributed by atoms with van der Waals surface area (Å²) in [5.41, 5.74) is 1.86. The Morgan fingerprint density at radius 2 is 2.00 bits per heavy atom. The van der Waals surface area contributed by atoms with Gasteiger partial charge >= 0.3 is 0 Å². The molecule has 0 aliphatic heterocycles. The molecule has 2 rings (SSSR count). The van der Waals surface area contributed by atoms with Crippen molar-refractivity contribution in [3.63, 3.8) is 0 Å². The lowest BCUT2D eigenvalue weighted by atomic mass is 10.1. The Morgan fingerprint density at radius 3 is 2.69 bits per heavy atom. The molecule has 0 atom stereocenters. The molecule has 6 heteroatoms. The molecular weight excluding hydrogens is 344 g/mol. The van der Waals surface area contributed by atoms with Gasteiger partial charge in [0.25, 0.3) is 5.91 Å². The fraction of sp³-hybridized carbons (Fsp3) is 0.400. The molecule has 0 aliphatic carbocycles. The van der Waals surface area contributed by atoms with Gasteiger partial charge in [-0.2, -0.15) is 0 Å². The van der Waals surface area contributed by atoms with Crippen LogP contribution in [0.4, 0.5) is 0 Å². The molecule has 0 aliphatic rings. The third kappa shape index (κ3) is 6.52. The summed E-state index contributed by atoms with van der Waals surface area (Å²) in [6, 6.07) is 12.0. The van der Waals surface area contributed by atoms with E-state index in [-0.39, 0.29) is 5.91 Å². The quantitative estimate of drug-likeness (QED) is 0.553. The number of hydrogen-bond acceptors (Lipinski definition) is 3. The Labute approximate surface area is 160 Å². The van der Waals surface area contributed by atoms with Crippen LogP contribution in [-0.2, 0) is 12.8 Å². The highest BCUT2D eigenvalue weighted by Crippen LogP contribution is 2.09. The van der Waals surface area contributed by atoms with Gasteiger partial charge in [0.1, 0.15) is 0 Å². The van der Waals surface area contributed by atoms with Gasteiger partial charge in [0.05, 0.1) is 0 Å². The number of carbonyl (C=O) groups is 1. The molecule has 1 amide bonds. The number of thiophene rings is 1. The average Bonchev–Trinajstić information content (AvgIpc) is 3.14.